The Kier molecular flexibility index (Phi) is 6.94. The lowest BCUT2D eigenvalue weighted by Crippen LogP contribution is -2.08. The summed E-state index contributed by atoms with van der Waals surface area (Å²) < 4.78 is 27.5. The predicted molar refractivity (Wildman–Crippen MR) is 151 cm³/mol. The van der Waals surface area contributed by atoms with Gasteiger partial charge >= 0.3 is 0 Å². The molecule has 0 unspecified atom stereocenters. The molecule has 4 N–H and O–H groups in total. The normalized spacial score (nSPS) is 11.5. The standard InChI is InChI=1S/C28H22ClN3O5S2/c1-2-16-14-19(30)11-12-21(16)25(33)23-24(17-7-6-8-18(29)13-17)32(27(35)26(23)34)28-31-15-22(38-28)39(36,37)20-9-4-3-5-10-20/h3-15,34-35H,2,30H2,1H3. The fourth-order valence-electron chi connectivity index (χ4n) is 4.31. The van der Waals surface area contributed by atoms with E-state index in [1.165, 1.54) is 18.3 Å². The van der Waals surface area contributed by atoms with Gasteiger partial charge in [0.05, 0.1) is 22.3 Å². The zero-order valence-electron chi connectivity index (χ0n) is 20.5. The average Bonchev–Trinajstić information content (AvgIpc) is 3.52. The van der Waals surface area contributed by atoms with Crippen LogP contribution in [-0.4, -0.2) is 34.0 Å². The molecule has 0 spiro atoms. The van der Waals surface area contributed by atoms with Crippen molar-refractivity contribution in [2.75, 3.05) is 5.73 Å². The second-order valence-electron chi connectivity index (χ2n) is 8.62. The van der Waals surface area contributed by atoms with Crippen LogP contribution in [0.15, 0.2) is 88.1 Å². The Morgan fingerprint density at radius 1 is 1.05 bits per heavy atom. The first-order chi connectivity index (χ1) is 18.6. The third kappa shape index (κ3) is 4.67. The number of sulfone groups is 1. The Hall–Kier alpha value is -4.12. The molecule has 0 saturated heterocycles. The number of carbonyl (C=O) groups is 1. The van der Waals surface area contributed by atoms with Gasteiger partial charge in [-0.05, 0) is 54.4 Å². The van der Waals surface area contributed by atoms with Gasteiger partial charge in [-0.1, -0.05) is 60.2 Å². The van der Waals surface area contributed by atoms with E-state index < -0.39 is 27.2 Å². The summed E-state index contributed by atoms with van der Waals surface area (Å²) in [6.45, 7) is 1.87. The van der Waals surface area contributed by atoms with Crippen molar-refractivity contribution in [1.82, 2.24) is 9.55 Å². The first kappa shape index (κ1) is 26.5. The molecule has 39 heavy (non-hydrogen) atoms. The van der Waals surface area contributed by atoms with Crippen LogP contribution < -0.4 is 5.73 Å². The molecule has 0 aliphatic rings. The van der Waals surface area contributed by atoms with Gasteiger partial charge in [0.25, 0.3) is 0 Å². The number of aryl methyl sites for hydroxylation is 1. The summed E-state index contributed by atoms with van der Waals surface area (Å²) in [5, 5.41) is 22.6. The number of hydrogen-bond acceptors (Lipinski definition) is 8. The minimum Gasteiger partial charge on any atom is -0.503 e. The number of hydrogen-bond donors (Lipinski definition) is 3. The van der Waals surface area contributed by atoms with Gasteiger partial charge in [-0.25, -0.2) is 13.4 Å². The zero-order valence-corrected chi connectivity index (χ0v) is 22.9. The van der Waals surface area contributed by atoms with Crippen molar-refractivity contribution in [3.05, 3.63) is 101 Å². The van der Waals surface area contributed by atoms with E-state index in [1.54, 1.807) is 60.7 Å². The molecular weight excluding hydrogens is 558 g/mol. The van der Waals surface area contributed by atoms with Crippen LogP contribution in [0.2, 0.25) is 5.02 Å². The molecule has 8 nitrogen and oxygen atoms in total. The molecule has 0 radical (unpaired) electrons. The Morgan fingerprint density at radius 2 is 1.79 bits per heavy atom. The monoisotopic (exact) mass is 579 g/mol. The van der Waals surface area contributed by atoms with E-state index in [2.05, 4.69) is 4.98 Å². The number of nitrogen functional groups attached to an aromatic ring is 1. The molecular formula is C28H22ClN3O5S2. The van der Waals surface area contributed by atoms with Crippen molar-refractivity contribution in [2.45, 2.75) is 22.4 Å². The number of ketones is 1. The van der Waals surface area contributed by atoms with Crippen molar-refractivity contribution in [3.8, 4) is 28.0 Å². The Morgan fingerprint density at radius 3 is 2.49 bits per heavy atom. The van der Waals surface area contributed by atoms with Crippen LogP contribution in [0.5, 0.6) is 11.6 Å². The van der Waals surface area contributed by atoms with Crippen molar-refractivity contribution < 1.29 is 23.4 Å². The van der Waals surface area contributed by atoms with Gasteiger partial charge in [-0.15, -0.1) is 0 Å². The first-order valence-electron chi connectivity index (χ1n) is 11.8. The number of thiazole rings is 1. The van der Waals surface area contributed by atoms with Crippen molar-refractivity contribution in [2.24, 2.45) is 0 Å². The highest BCUT2D eigenvalue weighted by atomic mass is 35.5. The maximum atomic E-state index is 13.9. The van der Waals surface area contributed by atoms with Crippen LogP contribution in [0.25, 0.3) is 16.4 Å². The van der Waals surface area contributed by atoms with Gasteiger partial charge in [0, 0.05) is 21.8 Å². The molecule has 0 aliphatic carbocycles. The van der Waals surface area contributed by atoms with Gasteiger partial charge in [0.15, 0.2) is 16.7 Å². The lowest BCUT2D eigenvalue weighted by Gasteiger charge is -2.12. The third-order valence-corrected chi connectivity index (χ3v) is 9.63. The second-order valence-corrected chi connectivity index (χ2v) is 12.2. The molecule has 0 atom stereocenters. The number of anilines is 1. The van der Waals surface area contributed by atoms with Crippen molar-refractivity contribution in [3.63, 3.8) is 0 Å². The van der Waals surface area contributed by atoms with Crippen LogP contribution >= 0.6 is 22.9 Å². The molecule has 11 heteroatoms. The fourth-order valence-corrected chi connectivity index (χ4v) is 7.05. The summed E-state index contributed by atoms with van der Waals surface area (Å²) >= 11 is 7.05. The highest BCUT2D eigenvalue weighted by molar-refractivity contribution is 7.93. The largest absolute Gasteiger partial charge is 0.503 e. The van der Waals surface area contributed by atoms with E-state index in [0.717, 1.165) is 15.9 Å². The number of aromatic nitrogens is 2. The molecule has 0 aliphatic heterocycles. The fraction of sp³-hybridized carbons (Fsp3) is 0.0714. The average molecular weight is 580 g/mol. The lowest BCUT2D eigenvalue weighted by molar-refractivity contribution is 0.103. The maximum Gasteiger partial charge on any atom is 0.242 e. The zero-order chi connectivity index (χ0) is 27.9. The van der Waals surface area contributed by atoms with Crippen LogP contribution in [0.3, 0.4) is 0 Å². The van der Waals surface area contributed by atoms with Gasteiger partial charge < -0.3 is 15.9 Å². The SMILES string of the molecule is CCc1cc(N)ccc1C(=O)c1c(O)c(O)n(-c2ncc(S(=O)(=O)c3ccccc3)s2)c1-c1cccc(Cl)c1. The number of benzene rings is 3. The Labute approximate surface area is 233 Å². The highest BCUT2D eigenvalue weighted by Gasteiger charge is 2.32. The number of nitrogens with two attached hydrogens (primary N) is 1. The third-order valence-electron chi connectivity index (χ3n) is 6.18. The van der Waals surface area contributed by atoms with Crippen LogP contribution in [0.4, 0.5) is 5.69 Å². The van der Waals surface area contributed by atoms with E-state index >= 15 is 0 Å². The minimum atomic E-state index is -3.90. The molecule has 3 aromatic carbocycles. The van der Waals surface area contributed by atoms with Gasteiger partial charge in [0.2, 0.25) is 15.7 Å². The quantitative estimate of drug-likeness (QED) is 0.162. The van der Waals surface area contributed by atoms with E-state index in [9.17, 15) is 23.4 Å². The summed E-state index contributed by atoms with van der Waals surface area (Å²) in [6, 6.07) is 19.2. The summed E-state index contributed by atoms with van der Waals surface area (Å²) in [5.74, 6) is -1.89. The van der Waals surface area contributed by atoms with Crippen LogP contribution in [0.1, 0.15) is 28.4 Å². The molecule has 198 valence electrons. The Balaban J connectivity index is 1.75. The first-order valence-corrected chi connectivity index (χ1v) is 14.4. The van der Waals surface area contributed by atoms with Gasteiger partial charge in [0.1, 0.15) is 4.21 Å². The van der Waals surface area contributed by atoms with E-state index in [1.807, 2.05) is 6.92 Å². The molecule has 0 fully saturated rings. The molecule has 0 bridgehead atoms. The molecule has 0 saturated carbocycles. The van der Waals surface area contributed by atoms with Gasteiger partial charge in [-0.3, -0.25) is 9.36 Å². The Bertz CT molecular complexity index is 1830. The summed E-state index contributed by atoms with van der Waals surface area (Å²) in [5.41, 5.74) is 7.69. The number of nitrogens with zero attached hydrogens (tertiary/aromatic N) is 2. The number of carbonyl (C=O) groups excluding carboxylic acids is 1. The van der Waals surface area contributed by atoms with Gasteiger partial charge in [-0.2, -0.15) is 0 Å². The molecule has 5 rings (SSSR count). The second kappa shape index (κ2) is 10.2. The summed E-state index contributed by atoms with van der Waals surface area (Å²) in [7, 11) is -3.90. The molecule has 5 aromatic rings. The highest BCUT2D eigenvalue weighted by Crippen LogP contribution is 2.45. The smallest absolute Gasteiger partial charge is 0.242 e. The number of aromatic hydroxyl groups is 2. The van der Waals surface area contributed by atoms with E-state index in [4.69, 9.17) is 17.3 Å². The van der Waals surface area contributed by atoms with E-state index in [0.29, 0.717) is 33.8 Å². The number of rotatable bonds is 7. The molecule has 2 aromatic heterocycles. The van der Waals surface area contributed by atoms with Crippen LogP contribution in [-0.2, 0) is 16.3 Å². The summed E-state index contributed by atoms with van der Waals surface area (Å²) in [6.07, 6.45) is 1.68. The van der Waals surface area contributed by atoms with Crippen molar-refractivity contribution in [1.29, 1.82) is 0 Å². The molecule has 2 heterocycles. The lowest BCUT2D eigenvalue weighted by atomic mass is 9.94. The van der Waals surface area contributed by atoms with E-state index in [-0.39, 0.29) is 25.5 Å². The predicted octanol–water partition coefficient (Wildman–Crippen LogP) is 5.87. The minimum absolute atomic E-state index is 0.0272. The topological polar surface area (TPSA) is 136 Å². The maximum absolute atomic E-state index is 13.9. The summed E-state index contributed by atoms with van der Waals surface area (Å²) in [4.78, 5) is 18.2. The molecule has 0 amide bonds. The number of halogens is 1. The van der Waals surface area contributed by atoms with Crippen LogP contribution in [0, 0.1) is 0 Å². The van der Waals surface area contributed by atoms with Crippen molar-refractivity contribution >= 4 is 44.2 Å².